The number of nitro groups is 1. The summed E-state index contributed by atoms with van der Waals surface area (Å²) in [6, 6.07) is 9.40. The Bertz CT molecular complexity index is 864. The van der Waals surface area contributed by atoms with E-state index < -0.39 is 10.8 Å². The van der Waals surface area contributed by atoms with Crippen LogP contribution in [0.4, 0.5) is 10.8 Å². The van der Waals surface area contributed by atoms with Crippen molar-refractivity contribution >= 4 is 28.1 Å². The van der Waals surface area contributed by atoms with Crippen molar-refractivity contribution < 1.29 is 9.72 Å². The molecular weight excluding hydrogens is 316 g/mol. The fourth-order valence-corrected chi connectivity index (χ4v) is 2.69. The summed E-state index contributed by atoms with van der Waals surface area (Å²) in [5, 5.41) is 15.7. The summed E-state index contributed by atoms with van der Waals surface area (Å²) >= 11 is 1.25. The molecule has 0 saturated carbocycles. The monoisotopic (exact) mass is 326 g/mol. The molecule has 0 bridgehead atoms. The molecule has 7 nitrogen and oxygen atoms in total. The fourth-order valence-electron chi connectivity index (χ4n) is 1.98. The molecule has 0 saturated heterocycles. The highest BCUT2D eigenvalue weighted by molar-refractivity contribution is 7.14. The van der Waals surface area contributed by atoms with E-state index in [0.29, 0.717) is 10.8 Å². The molecule has 0 fully saturated rings. The SMILES string of the molecule is O=C(Nc1nc(-c2ccncc2)cs1)c1ccccc1[N+](=O)[O-]. The lowest BCUT2D eigenvalue weighted by atomic mass is 10.1. The predicted octanol–water partition coefficient (Wildman–Crippen LogP) is 3.37. The Morgan fingerprint density at radius 2 is 1.91 bits per heavy atom. The number of hydrogen-bond donors (Lipinski definition) is 1. The van der Waals surface area contributed by atoms with Crippen molar-refractivity contribution in [1.29, 1.82) is 0 Å². The second-order valence-corrected chi connectivity index (χ2v) is 5.36. The van der Waals surface area contributed by atoms with Gasteiger partial charge in [0, 0.05) is 29.4 Å². The summed E-state index contributed by atoms with van der Waals surface area (Å²) in [6.07, 6.45) is 3.31. The molecule has 2 heterocycles. The first-order valence-corrected chi connectivity index (χ1v) is 7.44. The minimum atomic E-state index is -0.584. The minimum Gasteiger partial charge on any atom is -0.298 e. The largest absolute Gasteiger partial charge is 0.298 e. The minimum absolute atomic E-state index is 0.00170. The zero-order valence-electron chi connectivity index (χ0n) is 11.7. The number of nitrogens with one attached hydrogen (secondary N) is 1. The van der Waals surface area contributed by atoms with E-state index in [9.17, 15) is 14.9 Å². The van der Waals surface area contributed by atoms with Crippen LogP contribution in [0, 0.1) is 10.1 Å². The van der Waals surface area contributed by atoms with Crippen molar-refractivity contribution in [2.75, 3.05) is 5.32 Å². The Hall–Kier alpha value is -3.13. The average Bonchev–Trinajstić information content (AvgIpc) is 3.04. The molecule has 1 aromatic carbocycles. The third kappa shape index (κ3) is 3.22. The standard InChI is InChI=1S/C15H10N4O3S/c20-14(11-3-1-2-4-13(11)19(21)22)18-15-17-12(9-23-15)10-5-7-16-8-6-10/h1-9H,(H,17,18,20). The maximum absolute atomic E-state index is 12.2. The van der Waals surface area contributed by atoms with Gasteiger partial charge in [-0.2, -0.15) is 0 Å². The van der Waals surface area contributed by atoms with Crippen molar-refractivity contribution in [2.45, 2.75) is 0 Å². The second kappa shape index (κ2) is 6.32. The predicted molar refractivity (Wildman–Crippen MR) is 86.4 cm³/mol. The molecular formula is C15H10N4O3S. The highest BCUT2D eigenvalue weighted by Gasteiger charge is 2.20. The molecule has 23 heavy (non-hydrogen) atoms. The Morgan fingerprint density at radius 1 is 1.17 bits per heavy atom. The molecule has 0 atom stereocenters. The highest BCUT2D eigenvalue weighted by Crippen LogP contribution is 2.25. The number of carbonyl (C=O) groups is 1. The van der Waals surface area contributed by atoms with Gasteiger partial charge in [0.2, 0.25) is 0 Å². The van der Waals surface area contributed by atoms with Gasteiger partial charge in [0.25, 0.3) is 11.6 Å². The van der Waals surface area contributed by atoms with Crippen LogP contribution in [0.5, 0.6) is 0 Å². The van der Waals surface area contributed by atoms with Crippen molar-refractivity contribution in [1.82, 2.24) is 9.97 Å². The number of rotatable bonds is 4. The Morgan fingerprint density at radius 3 is 2.65 bits per heavy atom. The molecule has 0 aliphatic rings. The fraction of sp³-hybridized carbons (Fsp3) is 0. The van der Waals surface area contributed by atoms with Crippen LogP contribution in [0.2, 0.25) is 0 Å². The lowest BCUT2D eigenvalue weighted by Gasteiger charge is -2.02. The van der Waals surface area contributed by atoms with E-state index in [1.807, 2.05) is 12.1 Å². The topological polar surface area (TPSA) is 98.0 Å². The van der Waals surface area contributed by atoms with Crippen LogP contribution >= 0.6 is 11.3 Å². The van der Waals surface area contributed by atoms with Gasteiger partial charge >= 0.3 is 0 Å². The van der Waals surface area contributed by atoms with Gasteiger partial charge in [0.1, 0.15) is 5.56 Å². The number of benzene rings is 1. The number of hydrogen-bond acceptors (Lipinski definition) is 6. The van der Waals surface area contributed by atoms with E-state index in [0.717, 1.165) is 5.56 Å². The number of anilines is 1. The van der Waals surface area contributed by atoms with Crippen LogP contribution in [0.15, 0.2) is 54.2 Å². The van der Waals surface area contributed by atoms with Gasteiger partial charge in [0.05, 0.1) is 10.6 Å². The maximum atomic E-state index is 12.2. The van der Waals surface area contributed by atoms with Crippen molar-refractivity contribution in [3.8, 4) is 11.3 Å². The summed E-state index contributed by atoms with van der Waals surface area (Å²) < 4.78 is 0. The zero-order chi connectivity index (χ0) is 16.2. The van der Waals surface area contributed by atoms with Gasteiger partial charge in [-0.15, -0.1) is 11.3 Å². The number of nitrogens with zero attached hydrogens (tertiary/aromatic N) is 3. The molecule has 114 valence electrons. The van der Waals surface area contributed by atoms with E-state index in [1.165, 1.54) is 29.5 Å². The third-order valence-electron chi connectivity index (χ3n) is 3.05. The summed E-state index contributed by atoms with van der Waals surface area (Å²) in [7, 11) is 0. The van der Waals surface area contributed by atoms with Gasteiger partial charge in [-0.3, -0.25) is 25.2 Å². The van der Waals surface area contributed by atoms with Crippen molar-refractivity contribution in [2.24, 2.45) is 0 Å². The number of carbonyl (C=O) groups excluding carboxylic acids is 1. The van der Waals surface area contributed by atoms with E-state index in [1.54, 1.807) is 23.8 Å². The molecule has 2 aromatic heterocycles. The van der Waals surface area contributed by atoms with Gasteiger partial charge in [-0.1, -0.05) is 12.1 Å². The highest BCUT2D eigenvalue weighted by atomic mass is 32.1. The smallest absolute Gasteiger partial charge is 0.282 e. The van der Waals surface area contributed by atoms with Crippen molar-refractivity contribution in [3.05, 3.63) is 69.8 Å². The third-order valence-corrected chi connectivity index (χ3v) is 3.80. The molecule has 1 N–H and O–H groups in total. The van der Waals surface area contributed by atoms with Crippen LogP contribution in [0.3, 0.4) is 0 Å². The molecule has 0 radical (unpaired) electrons. The Balaban J connectivity index is 1.82. The molecule has 0 aliphatic carbocycles. The molecule has 0 aliphatic heterocycles. The van der Waals surface area contributed by atoms with Gasteiger partial charge in [-0.05, 0) is 18.2 Å². The Kier molecular flexibility index (Phi) is 4.07. The molecule has 3 rings (SSSR count). The Labute approximate surface area is 134 Å². The summed E-state index contributed by atoms with van der Waals surface area (Å²) in [4.78, 5) is 30.9. The lowest BCUT2D eigenvalue weighted by Crippen LogP contribution is -2.13. The lowest BCUT2D eigenvalue weighted by molar-refractivity contribution is -0.385. The van der Waals surface area contributed by atoms with E-state index in [2.05, 4.69) is 15.3 Å². The van der Waals surface area contributed by atoms with Crippen LogP contribution in [-0.4, -0.2) is 20.8 Å². The van der Waals surface area contributed by atoms with Crippen LogP contribution in [0.1, 0.15) is 10.4 Å². The maximum Gasteiger partial charge on any atom is 0.282 e. The number of thiazole rings is 1. The van der Waals surface area contributed by atoms with Crippen molar-refractivity contribution in [3.63, 3.8) is 0 Å². The summed E-state index contributed by atoms with van der Waals surface area (Å²) in [5.74, 6) is -0.562. The number of amides is 1. The van der Waals surface area contributed by atoms with Crippen LogP contribution < -0.4 is 5.32 Å². The second-order valence-electron chi connectivity index (χ2n) is 4.50. The first-order chi connectivity index (χ1) is 11.1. The van der Waals surface area contributed by atoms with Crippen LogP contribution in [-0.2, 0) is 0 Å². The van der Waals surface area contributed by atoms with Gasteiger partial charge in [-0.25, -0.2) is 4.98 Å². The first kappa shape index (κ1) is 14.8. The summed E-state index contributed by atoms with van der Waals surface area (Å²) in [5.41, 5.74) is 1.34. The molecule has 0 unspecified atom stereocenters. The number of pyridine rings is 1. The number of nitro benzene ring substituents is 1. The molecule has 8 heteroatoms. The first-order valence-electron chi connectivity index (χ1n) is 6.56. The molecule has 1 amide bonds. The van der Waals surface area contributed by atoms with E-state index in [-0.39, 0.29) is 11.3 Å². The van der Waals surface area contributed by atoms with E-state index in [4.69, 9.17) is 0 Å². The number of para-hydroxylation sites is 1. The van der Waals surface area contributed by atoms with Crippen LogP contribution in [0.25, 0.3) is 11.3 Å². The molecule has 3 aromatic rings. The normalized spacial score (nSPS) is 10.3. The summed E-state index contributed by atoms with van der Waals surface area (Å²) in [6.45, 7) is 0. The average molecular weight is 326 g/mol. The number of aromatic nitrogens is 2. The van der Waals surface area contributed by atoms with E-state index >= 15 is 0 Å². The quantitative estimate of drug-likeness (QED) is 0.585. The molecule has 0 spiro atoms. The van der Waals surface area contributed by atoms with Gasteiger partial charge in [0.15, 0.2) is 5.13 Å². The zero-order valence-corrected chi connectivity index (χ0v) is 12.5. The van der Waals surface area contributed by atoms with Gasteiger partial charge < -0.3 is 0 Å².